The number of hydrazine groups is 1. The Morgan fingerprint density at radius 1 is 0.941 bits per heavy atom. The van der Waals surface area contributed by atoms with E-state index >= 15 is 0 Å². The molecule has 0 saturated carbocycles. The largest absolute Gasteiger partial charge is 0.324 e. The molecule has 96 valence electrons. The van der Waals surface area contributed by atoms with Gasteiger partial charge in [-0.15, -0.1) is 0 Å². The second kappa shape index (κ2) is 4.69. The van der Waals surface area contributed by atoms with E-state index in [4.69, 9.17) is 5.84 Å². The minimum atomic E-state index is 0.200. The highest BCUT2D eigenvalue weighted by Gasteiger charge is 2.37. The fourth-order valence-electron chi connectivity index (χ4n) is 3.11. The van der Waals surface area contributed by atoms with Crippen LogP contribution in [-0.2, 0) is 0 Å². The van der Waals surface area contributed by atoms with Crippen molar-refractivity contribution in [3.8, 4) is 0 Å². The third kappa shape index (κ3) is 3.22. The topological polar surface area (TPSA) is 38.0 Å². The van der Waals surface area contributed by atoms with E-state index in [9.17, 15) is 0 Å². The van der Waals surface area contributed by atoms with Gasteiger partial charge in [0.1, 0.15) is 0 Å². The van der Waals surface area contributed by atoms with Gasteiger partial charge < -0.3 is 5.43 Å². The highest BCUT2D eigenvalue weighted by Crippen LogP contribution is 2.49. The number of anilines is 1. The zero-order valence-corrected chi connectivity index (χ0v) is 12.0. The third-order valence-electron chi connectivity index (χ3n) is 3.16. The maximum absolute atomic E-state index is 5.62. The Morgan fingerprint density at radius 3 is 1.82 bits per heavy atom. The molecule has 0 aliphatic heterocycles. The minimum absolute atomic E-state index is 0.200. The molecule has 2 heteroatoms. The Morgan fingerprint density at radius 2 is 1.41 bits per heavy atom. The van der Waals surface area contributed by atoms with Crippen LogP contribution in [0.1, 0.15) is 53.0 Å². The molecule has 1 rings (SSSR count). The van der Waals surface area contributed by atoms with Crippen LogP contribution >= 0.6 is 0 Å². The number of nitrogens with one attached hydrogen (secondary N) is 1. The van der Waals surface area contributed by atoms with Crippen molar-refractivity contribution in [3.63, 3.8) is 0 Å². The first kappa shape index (κ1) is 14.0. The lowest BCUT2D eigenvalue weighted by Crippen LogP contribution is -2.31. The monoisotopic (exact) mass is 234 g/mol. The Hall–Kier alpha value is -1.02. The number of para-hydroxylation sites is 1. The molecule has 1 aromatic rings. The van der Waals surface area contributed by atoms with Crippen LogP contribution in [0, 0.1) is 10.8 Å². The maximum Gasteiger partial charge on any atom is 0.0520 e. The number of hydrogen-bond donors (Lipinski definition) is 2. The zero-order valence-electron chi connectivity index (χ0n) is 12.0. The van der Waals surface area contributed by atoms with E-state index in [-0.39, 0.29) is 10.8 Å². The van der Waals surface area contributed by atoms with E-state index in [0.717, 1.165) is 5.69 Å². The molecule has 0 aliphatic rings. The summed E-state index contributed by atoms with van der Waals surface area (Å²) < 4.78 is 0. The van der Waals surface area contributed by atoms with Crippen molar-refractivity contribution in [1.29, 1.82) is 0 Å². The number of rotatable bonds is 2. The van der Waals surface area contributed by atoms with Crippen molar-refractivity contribution in [1.82, 2.24) is 0 Å². The smallest absolute Gasteiger partial charge is 0.0520 e. The standard InChI is InChI=1S/C15H26N2/c1-14(2,3)13(15(4,5)6)11-9-7-8-10-12(11)17-16/h7-10,13,17H,16H2,1-6H3. The number of nitrogen functional groups attached to an aromatic ring is 1. The lowest BCUT2D eigenvalue weighted by Gasteiger charge is -2.42. The summed E-state index contributed by atoms with van der Waals surface area (Å²) in [5.41, 5.74) is 5.55. The molecule has 0 saturated heterocycles. The molecule has 1 aromatic carbocycles. The van der Waals surface area contributed by atoms with Gasteiger partial charge in [-0.1, -0.05) is 59.7 Å². The van der Waals surface area contributed by atoms with E-state index < -0.39 is 0 Å². The molecule has 0 amide bonds. The molecular formula is C15H26N2. The second-order valence-electron chi connectivity index (χ2n) is 6.90. The van der Waals surface area contributed by atoms with Crippen LogP contribution in [0.15, 0.2) is 24.3 Å². The summed E-state index contributed by atoms with van der Waals surface area (Å²) in [5, 5.41) is 0. The summed E-state index contributed by atoms with van der Waals surface area (Å²) in [7, 11) is 0. The Bertz CT molecular complexity index is 355. The van der Waals surface area contributed by atoms with E-state index in [2.05, 4.69) is 59.1 Å². The van der Waals surface area contributed by atoms with E-state index in [0.29, 0.717) is 5.92 Å². The molecule has 0 radical (unpaired) electrons. The average molecular weight is 234 g/mol. The molecule has 0 bridgehead atoms. The van der Waals surface area contributed by atoms with Crippen LogP contribution in [0.25, 0.3) is 0 Å². The van der Waals surface area contributed by atoms with Crippen LogP contribution in [0.5, 0.6) is 0 Å². The molecule has 0 aliphatic carbocycles. The molecule has 0 unspecified atom stereocenters. The van der Waals surface area contributed by atoms with Gasteiger partial charge in [0.25, 0.3) is 0 Å². The van der Waals surface area contributed by atoms with Crippen molar-refractivity contribution in [3.05, 3.63) is 29.8 Å². The molecule has 0 atom stereocenters. The fourth-order valence-corrected chi connectivity index (χ4v) is 3.11. The SMILES string of the molecule is CC(C)(C)C(c1ccccc1NN)C(C)(C)C. The summed E-state index contributed by atoms with van der Waals surface area (Å²) >= 11 is 0. The number of benzene rings is 1. The first-order chi connectivity index (χ1) is 7.68. The quantitative estimate of drug-likeness (QED) is 0.596. The maximum atomic E-state index is 5.62. The second-order valence-corrected chi connectivity index (χ2v) is 6.90. The van der Waals surface area contributed by atoms with Gasteiger partial charge in [-0.25, -0.2) is 0 Å². The molecule has 2 nitrogen and oxygen atoms in total. The zero-order chi connectivity index (χ0) is 13.3. The van der Waals surface area contributed by atoms with E-state index in [1.54, 1.807) is 0 Å². The molecule has 17 heavy (non-hydrogen) atoms. The number of nitrogens with two attached hydrogens (primary N) is 1. The Kier molecular flexibility index (Phi) is 3.88. The van der Waals surface area contributed by atoms with E-state index in [1.165, 1.54) is 5.56 Å². The van der Waals surface area contributed by atoms with Crippen LogP contribution in [-0.4, -0.2) is 0 Å². The van der Waals surface area contributed by atoms with Crippen LogP contribution in [0.4, 0.5) is 5.69 Å². The van der Waals surface area contributed by atoms with Crippen molar-refractivity contribution >= 4 is 5.69 Å². The molecule has 3 N–H and O–H groups in total. The first-order valence-corrected chi connectivity index (χ1v) is 6.23. The van der Waals surface area contributed by atoms with Gasteiger partial charge in [0, 0.05) is 0 Å². The lowest BCUT2D eigenvalue weighted by molar-refractivity contribution is 0.177. The summed E-state index contributed by atoms with van der Waals surface area (Å²) in [6, 6.07) is 8.32. The number of hydrogen-bond acceptors (Lipinski definition) is 2. The summed E-state index contributed by atoms with van der Waals surface area (Å²) in [4.78, 5) is 0. The summed E-state index contributed by atoms with van der Waals surface area (Å²) in [6.45, 7) is 13.7. The normalized spacial score (nSPS) is 12.9. The summed E-state index contributed by atoms with van der Waals surface area (Å²) in [5.74, 6) is 6.07. The third-order valence-corrected chi connectivity index (χ3v) is 3.16. The Labute approximate surface area is 106 Å². The highest BCUT2D eigenvalue weighted by atomic mass is 15.2. The first-order valence-electron chi connectivity index (χ1n) is 6.23. The van der Waals surface area contributed by atoms with Crippen LogP contribution in [0.2, 0.25) is 0 Å². The van der Waals surface area contributed by atoms with Crippen molar-refractivity contribution in [2.24, 2.45) is 16.7 Å². The molecular weight excluding hydrogens is 208 g/mol. The lowest BCUT2D eigenvalue weighted by atomic mass is 9.63. The van der Waals surface area contributed by atoms with Crippen LogP contribution < -0.4 is 11.3 Å². The van der Waals surface area contributed by atoms with E-state index in [1.807, 2.05) is 12.1 Å². The Balaban J connectivity index is 3.33. The van der Waals surface area contributed by atoms with Gasteiger partial charge >= 0.3 is 0 Å². The molecule has 0 heterocycles. The van der Waals surface area contributed by atoms with Gasteiger partial charge in [-0.2, -0.15) is 0 Å². The van der Waals surface area contributed by atoms with Crippen molar-refractivity contribution in [2.75, 3.05) is 5.43 Å². The molecule has 0 spiro atoms. The predicted molar refractivity (Wildman–Crippen MR) is 75.9 cm³/mol. The fraction of sp³-hybridized carbons (Fsp3) is 0.600. The van der Waals surface area contributed by atoms with Crippen LogP contribution in [0.3, 0.4) is 0 Å². The minimum Gasteiger partial charge on any atom is -0.324 e. The molecule has 0 aromatic heterocycles. The molecule has 0 fully saturated rings. The van der Waals surface area contributed by atoms with Gasteiger partial charge in [0.05, 0.1) is 5.69 Å². The van der Waals surface area contributed by atoms with Gasteiger partial charge in [-0.05, 0) is 28.4 Å². The van der Waals surface area contributed by atoms with Crippen molar-refractivity contribution in [2.45, 2.75) is 47.5 Å². The predicted octanol–water partition coefficient (Wildman–Crippen LogP) is 4.15. The van der Waals surface area contributed by atoms with Gasteiger partial charge in [-0.3, -0.25) is 5.84 Å². The van der Waals surface area contributed by atoms with Crippen molar-refractivity contribution < 1.29 is 0 Å². The average Bonchev–Trinajstić information content (AvgIpc) is 2.14. The summed E-state index contributed by atoms with van der Waals surface area (Å²) in [6.07, 6.45) is 0. The van der Waals surface area contributed by atoms with Gasteiger partial charge in [0.2, 0.25) is 0 Å². The highest BCUT2D eigenvalue weighted by molar-refractivity contribution is 5.52. The van der Waals surface area contributed by atoms with Gasteiger partial charge in [0.15, 0.2) is 0 Å².